The smallest absolute Gasteiger partial charge is 0.243 e. The molecule has 3 aromatic rings. The van der Waals surface area contributed by atoms with Gasteiger partial charge in [-0.3, -0.25) is 19.7 Å². The Morgan fingerprint density at radius 3 is 2.87 bits per heavy atom. The summed E-state index contributed by atoms with van der Waals surface area (Å²) in [6.07, 6.45) is 9.44. The van der Waals surface area contributed by atoms with Gasteiger partial charge in [0.2, 0.25) is 11.9 Å². The molecular formula is C23H29N7O. The second kappa shape index (κ2) is 8.72. The molecule has 0 saturated carbocycles. The molecule has 5 rings (SSSR count). The zero-order chi connectivity index (χ0) is 21.2. The average Bonchev–Trinajstić information content (AvgIpc) is 3.45. The van der Waals surface area contributed by atoms with Crippen LogP contribution in [0.2, 0.25) is 0 Å². The van der Waals surface area contributed by atoms with Crippen molar-refractivity contribution < 1.29 is 4.79 Å². The van der Waals surface area contributed by atoms with Crippen molar-refractivity contribution in [3.8, 4) is 11.1 Å². The minimum absolute atomic E-state index is 0.0657. The van der Waals surface area contributed by atoms with Gasteiger partial charge in [0.15, 0.2) is 0 Å². The molecule has 4 heterocycles. The van der Waals surface area contributed by atoms with Gasteiger partial charge in [0.25, 0.3) is 0 Å². The first-order chi connectivity index (χ1) is 15.2. The number of nitrogens with one attached hydrogen (secondary N) is 2. The molecule has 1 atom stereocenters. The van der Waals surface area contributed by atoms with Crippen molar-refractivity contribution in [2.75, 3.05) is 25.0 Å². The summed E-state index contributed by atoms with van der Waals surface area (Å²) in [7, 11) is 2.01. The second-order valence-corrected chi connectivity index (χ2v) is 8.57. The second-order valence-electron chi connectivity index (χ2n) is 8.57. The molecule has 2 fully saturated rings. The fraction of sp³-hybridized carbons (Fsp3) is 0.478. The van der Waals surface area contributed by atoms with Crippen LogP contribution >= 0.6 is 0 Å². The van der Waals surface area contributed by atoms with Crippen LogP contribution in [0.4, 0.5) is 5.95 Å². The van der Waals surface area contributed by atoms with Gasteiger partial charge in [0, 0.05) is 30.7 Å². The lowest BCUT2D eigenvalue weighted by Gasteiger charge is -2.26. The molecule has 0 radical (unpaired) electrons. The highest BCUT2D eigenvalue weighted by atomic mass is 16.2. The van der Waals surface area contributed by atoms with E-state index in [1.54, 1.807) is 6.20 Å². The van der Waals surface area contributed by atoms with E-state index in [1.807, 2.05) is 24.0 Å². The Kier molecular flexibility index (Phi) is 5.65. The van der Waals surface area contributed by atoms with Gasteiger partial charge in [-0.2, -0.15) is 5.10 Å². The third-order valence-corrected chi connectivity index (χ3v) is 6.39. The number of likely N-dealkylation sites (tertiary alicyclic amines) is 1. The van der Waals surface area contributed by atoms with Crippen LogP contribution in [0, 0.1) is 0 Å². The molecule has 1 aromatic carbocycles. The fourth-order valence-corrected chi connectivity index (χ4v) is 4.58. The summed E-state index contributed by atoms with van der Waals surface area (Å²) in [5.74, 6) is 0.284. The number of hydrogen-bond acceptors (Lipinski definition) is 6. The van der Waals surface area contributed by atoms with Crippen LogP contribution in [0.1, 0.15) is 37.8 Å². The van der Waals surface area contributed by atoms with Crippen molar-refractivity contribution in [3.63, 3.8) is 0 Å². The Labute approximate surface area is 182 Å². The molecule has 1 unspecified atom stereocenters. The van der Waals surface area contributed by atoms with E-state index in [9.17, 15) is 4.79 Å². The van der Waals surface area contributed by atoms with Gasteiger partial charge in [0.05, 0.1) is 23.4 Å². The third kappa shape index (κ3) is 4.31. The number of nitrogens with zero attached hydrogens (tertiary/aromatic N) is 5. The Morgan fingerprint density at radius 1 is 1.19 bits per heavy atom. The molecule has 2 aromatic heterocycles. The van der Waals surface area contributed by atoms with Gasteiger partial charge in [-0.1, -0.05) is 18.6 Å². The van der Waals surface area contributed by atoms with Gasteiger partial charge in [-0.25, -0.2) is 9.97 Å². The number of fused-ring (bicyclic) bond motifs is 1. The van der Waals surface area contributed by atoms with Crippen molar-refractivity contribution in [3.05, 3.63) is 36.3 Å². The maximum Gasteiger partial charge on any atom is 0.243 e. The Balaban J connectivity index is 1.41. The summed E-state index contributed by atoms with van der Waals surface area (Å²) < 4.78 is 1.98. The van der Waals surface area contributed by atoms with Crippen LogP contribution in [0.25, 0.3) is 22.0 Å². The van der Waals surface area contributed by atoms with E-state index < -0.39 is 0 Å². The predicted molar refractivity (Wildman–Crippen MR) is 121 cm³/mol. The minimum atomic E-state index is -0.154. The first-order valence-corrected chi connectivity index (χ1v) is 11.2. The molecule has 2 aliphatic heterocycles. The molecule has 162 valence electrons. The maximum absolute atomic E-state index is 12.4. The molecule has 2 aliphatic rings. The number of aromatic nitrogens is 4. The summed E-state index contributed by atoms with van der Waals surface area (Å²) in [6, 6.07) is 6.05. The largest absolute Gasteiger partial charge is 0.306 e. The Bertz CT molecular complexity index is 1080. The number of aryl methyl sites for hydroxylation is 1. The number of carbonyl (C=O) groups excluding carboxylic acids is 1. The normalized spacial score (nSPS) is 19.7. The fourth-order valence-electron chi connectivity index (χ4n) is 4.58. The van der Waals surface area contributed by atoms with Gasteiger partial charge in [0.1, 0.15) is 0 Å². The first kappa shape index (κ1) is 20.1. The molecule has 8 heteroatoms. The molecule has 0 aliphatic carbocycles. The number of amides is 1. The minimum Gasteiger partial charge on any atom is -0.306 e. The first-order valence-electron chi connectivity index (χ1n) is 11.2. The summed E-state index contributed by atoms with van der Waals surface area (Å²) in [5.41, 5.74) is 4.25. The molecule has 1 amide bonds. The van der Waals surface area contributed by atoms with Crippen LogP contribution < -0.4 is 10.6 Å². The van der Waals surface area contributed by atoms with E-state index in [2.05, 4.69) is 42.7 Å². The van der Waals surface area contributed by atoms with Crippen LogP contribution in [0.3, 0.4) is 0 Å². The lowest BCUT2D eigenvalue weighted by Crippen LogP contribution is -2.35. The zero-order valence-corrected chi connectivity index (χ0v) is 18.0. The topological polar surface area (TPSA) is 88.0 Å². The van der Waals surface area contributed by atoms with Gasteiger partial charge in [-0.05, 0) is 56.9 Å². The molecule has 2 N–H and O–H groups in total. The van der Waals surface area contributed by atoms with Crippen molar-refractivity contribution in [1.82, 2.24) is 30.0 Å². The molecule has 2 saturated heterocycles. The molecular weight excluding hydrogens is 390 g/mol. The summed E-state index contributed by atoms with van der Waals surface area (Å²) in [6.45, 7) is 4.08. The van der Waals surface area contributed by atoms with Crippen LogP contribution in [-0.4, -0.2) is 56.2 Å². The SMILES string of the molecule is Cn1ncc(-c2ccc3cnc(NC(=O)C4CCCN4)nc3c2)c1CN1CCCCC1. The van der Waals surface area contributed by atoms with Gasteiger partial charge >= 0.3 is 0 Å². The van der Waals surface area contributed by atoms with Crippen molar-refractivity contribution in [1.29, 1.82) is 0 Å². The number of carbonyl (C=O) groups is 1. The highest BCUT2D eigenvalue weighted by molar-refractivity contribution is 5.94. The summed E-state index contributed by atoms with van der Waals surface area (Å²) in [5, 5.41) is 11.5. The van der Waals surface area contributed by atoms with Crippen molar-refractivity contribution in [2.45, 2.75) is 44.7 Å². The Hall–Kier alpha value is -2.84. The molecule has 0 spiro atoms. The van der Waals surface area contributed by atoms with Gasteiger partial charge in [-0.15, -0.1) is 0 Å². The Morgan fingerprint density at radius 2 is 2.06 bits per heavy atom. The van der Waals surface area contributed by atoms with Crippen molar-refractivity contribution in [2.24, 2.45) is 7.05 Å². The van der Waals surface area contributed by atoms with Crippen LogP contribution in [0.15, 0.2) is 30.6 Å². The third-order valence-electron chi connectivity index (χ3n) is 6.39. The van der Waals surface area contributed by atoms with Crippen LogP contribution in [-0.2, 0) is 18.4 Å². The van der Waals surface area contributed by atoms with E-state index in [-0.39, 0.29) is 11.9 Å². The number of piperidine rings is 1. The maximum atomic E-state index is 12.4. The average molecular weight is 420 g/mol. The molecule has 0 bridgehead atoms. The van der Waals surface area contributed by atoms with E-state index in [0.717, 1.165) is 61.1 Å². The zero-order valence-electron chi connectivity index (χ0n) is 18.0. The van der Waals surface area contributed by atoms with E-state index in [0.29, 0.717) is 5.95 Å². The lowest BCUT2D eigenvalue weighted by molar-refractivity contribution is -0.117. The summed E-state index contributed by atoms with van der Waals surface area (Å²) >= 11 is 0. The highest BCUT2D eigenvalue weighted by Gasteiger charge is 2.23. The van der Waals surface area contributed by atoms with E-state index in [1.165, 1.54) is 25.0 Å². The molecule has 31 heavy (non-hydrogen) atoms. The van der Waals surface area contributed by atoms with E-state index >= 15 is 0 Å². The lowest BCUT2D eigenvalue weighted by atomic mass is 10.0. The number of benzene rings is 1. The van der Waals surface area contributed by atoms with E-state index in [4.69, 9.17) is 0 Å². The number of rotatable bonds is 5. The van der Waals surface area contributed by atoms with Crippen LogP contribution in [0.5, 0.6) is 0 Å². The quantitative estimate of drug-likeness (QED) is 0.661. The molecule has 8 nitrogen and oxygen atoms in total. The monoisotopic (exact) mass is 419 g/mol. The number of anilines is 1. The highest BCUT2D eigenvalue weighted by Crippen LogP contribution is 2.28. The van der Waals surface area contributed by atoms with Crippen molar-refractivity contribution >= 4 is 22.8 Å². The standard InChI is InChI=1S/C23H29N7O/c1-29-21(15-30-10-3-2-4-11-30)18(14-26-29)16-7-8-17-13-25-23(27-20(17)12-16)28-22(31)19-6-5-9-24-19/h7-8,12-14,19,24H,2-6,9-11,15H2,1H3,(H,25,27,28,31). The summed E-state index contributed by atoms with van der Waals surface area (Å²) in [4.78, 5) is 23.9. The van der Waals surface area contributed by atoms with Gasteiger partial charge < -0.3 is 5.32 Å². The number of hydrogen-bond donors (Lipinski definition) is 2. The predicted octanol–water partition coefficient (Wildman–Crippen LogP) is 2.71.